The molecule has 112 valence electrons. The molecule has 0 heterocycles. The molecule has 0 bridgehead atoms. The summed E-state index contributed by atoms with van der Waals surface area (Å²) in [5, 5.41) is 3.23. The lowest BCUT2D eigenvalue weighted by atomic mass is 9.97. The maximum atomic E-state index is 13.5. The zero-order chi connectivity index (χ0) is 15.4. The first-order valence-corrected chi connectivity index (χ1v) is 6.99. The number of halogens is 3. The fourth-order valence-corrected chi connectivity index (χ4v) is 2.50. The van der Waals surface area contributed by atoms with Gasteiger partial charge in [0.2, 0.25) is 0 Å². The van der Waals surface area contributed by atoms with Gasteiger partial charge < -0.3 is 10.1 Å². The Morgan fingerprint density at radius 3 is 2.48 bits per heavy atom. The van der Waals surface area contributed by atoms with Crippen molar-refractivity contribution >= 4 is 11.6 Å². The third kappa shape index (κ3) is 3.34. The van der Waals surface area contributed by atoms with Crippen LogP contribution >= 0.6 is 11.6 Å². The van der Waals surface area contributed by atoms with E-state index in [1.165, 1.54) is 0 Å². The molecular weight excluding hydrogens is 296 g/mol. The molecule has 1 atom stereocenters. The number of hydrogen-bond donors (Lipinski definition) is 1. The molecule has 2 rings (SSSR count). The van der Waals surface area contributed by atoms with Crippen LogP contribution in [0, 0.1) is 11.6 Å². The summed E-state index contributed by atoms with van der Waals surface area (Å²) in [7, 11) is 1.73. The van der Waals surface area contributed by atoms with Gasteiger partial charge in [0.25, 0.3) is 0 Å². The summed E-state index contributed by atoms with van der Waals surface area (Å²) in [5.74, 6) is -1.21. The van der Waals surface area contributed by atoms with E-state index in [4.69, 9.17) is 16.3 Å². The normalized spacial score (nSPS) is 12.2. The maximum absolute atomic E-state index is 13.5. The lowest BCUT2D eigenvalue weighted by Crippen LogP contribution is -2.19. The molecule has 21 heavy (non-hydrogen) atoms. The number of benzene rings is 2. The Hall–Kier alpha value is -1.65. The fourth-order valence-electron chi connectivity index (χ4n) is 2.24. The van der Waals surface area contributed by atoms with Gasteiger partial charge in [-0.2, -0.15) is 0 Å². The highest BCUT2D eigenvalue weighted by atomic mass is 35.5. The molecule has 0 radical (unpaired) electrons. The van der Waals surface area contributed by atoms with Crippen molar-refractivity contribution in [2.45, 2.75) is 13.0 Å². The van der Waals surface area contributed by atoms with Gasteiger partial charge in [-0.15, -0.1) is 0 Å². The molecule has 0 aliphatic rings. The molecule has 2 aromatic carbocycles. The van der Waals surface area contributed by atoms with E-state index >= 15 is 0 Å². The zero-order valence-corrected chi connectivity index (χ0v) is 12.5. The van der Waals surface area contributed by atoms with E-state index in [0.29, 0.717) is 17.9 Å². The van der Waals surface area contributed by atoms with Crippen molar-refractivity contribution in [3.8, 4) is 5.75 Å². The predicted octanol–water partition coefficient (Wildman–Crippen LogP) is 4.33. The molecule has 5 heteroatoms. The highest BCUT2D eigenvalue weighted by Crippen LogP contribution is 2.34. The van der Waals surface area contributed by atoms with Crippen molar-refractivity contribution in [3.05, 3.63) is 64.2 Å². The molecule has 0 aliphatic heterocycles. The Balaban J connectivity index is 2.52. The summed E-state index contributed by atoms with van der Waals surface area (Å²) in [5.41, 5.74) is 1.28. The maximum Gasteiger partial charge on any atom is 0.160 e. The molecule has 0 saturated carbocycles. The van der Waals surface area contributed by atoms with Gasteiger partial charge in [0, 0.05) is 10.6 Å². The van der Waals surface area contributed by atoms with Crippen LogP contribution in [0.25, 0.3) is 0 Å². The predicted molar refractivity (Wildman–Crippen MR) is 79.9 cm³/mol. The van der Waals surface area contributed by atoms with Crippen LogP contribution in [0.15, 0.2) is 36.4 Å². The molecule has 2 nitrogen and oxygen atoms in total. The number of rotatable bonds is 5. The van der Waals surface area contributed by atoms with E-state index in [9.17, 15) is 8.78 Å². The molecule has 0 saturated heterocycles. The molecule has 0 fully saturated rings. The minimum atomic E-state index is -0.961. The van der Waals surface area contributed by atoms with Crippen LogP contribution < -0.4 is 10.1 Å². The molecule has 0 aromatic heterocycles. The summed E-state index contributed by atoms with van der Waals surface area (Å²) in [6.45, 7) is 2.40. The Morgan fingerprint density at radius 1 is 1.14 bits per heavy atom. The van der Waals surface area contributed by atoms with E-state index in [1.54, 1.807) is 7.05 Å². The number of ether oxygens (including phenoxy) is 1. The minimum absolute atomic E-state index is 0.166. The molecule has 1 N–H and O–H groups in total. The van der Waals surface area contributed by atoms with E-state index in [2.05, 4.69) is 5.32 Å². The zero-order valence-electron chi connectivity index (χ0n) is 11.8. The smallest absolute Gasteiger partial charge is 0.160 e. The van der Waals surface area contributed by atoms with Gasteiger partial charge in [-0.1, -0.05) is 29.8 Å². The van der Waals surface area contributed by atoms with Crippen LogP contribution in [-0.2, 0) is 0 Å². The van der Waals surface area contributed by atoms with Crippen molar-refractivity contribution in [1.29, 1.82) is 0 Å². The van der Waals surface area contributed by atoms with Crippen LogP contribution in [0.5, 0.6) is 5.75 Å². The summed E-state index contributed by atoms with van der Waals surface area (Å²) >= 11 is 6.07. The van der Waals surface area contributed by atoms with Crippen molar-refractivity contribution in [2.75, 3.05) is 13.7 Å². The first-order chi connectivity index (χ1) is 10.1. The van der Waals surface area contributed by atoms with Crippen LogP contribution in [0.2, 0.25) is 5.02 Å². The van der Waals surface area contributed by atoms with Gasteiger partial charge in [0.05, 0.1) is 12.6 Å². The van der Waals surface area contributed by atoms with E-state index in [1.807, 2.05) is 31.2 Å². The number of hydrogen-bond acceptors (Lipinski definition) is 2. The average Bonchev–Trinajstić information content (AvgIpc) is 2.47. The monoisotopic (exact) mass is 311 g/mol. The molecule has 2 aromatic rings. The molecule has 0 amide bonds. The minimum Gasteiger partial charge on any atom is -0.494 e. The number of para-hydroxylation sites is 1. The quantitative estimate of drug-likeness (QED) is 0.830. The van der Waals surface area contributed by atoms with Gasteiger partial charge in [-0.25, -0.2) is 8.78 Å². The van der Waals surface area contributed by atoms with Gasteiger partial charge in [-0.05, 0) is 37.7 Å². The second kappa shape index (κ2) is 6.87. The van der Waals surface area contributed by atoms with Crippen molar-refractivity contribution in [1.82, 2.24) is 5.32 Å². The lowest BCUT2D eigenvalue weighted by Gasteiger charge is -2.21. The standard InChI is InChI=1S/C16H16ClF2NO/c1-3-21-15-7-5-4-6-10(15)16(20-2)11-8-13(18)14(19)9-12(11)17/h4-9,16,20H,3H2,1-2H3. The average molecular weight is 312 g/mol. The first kappa shape index (κ1) is 15.7. The summed E-state index contributed by atoms with van der Waals surface area (Å²) < 4.78 is 32.3. The highest BCUT2D eigenvalue weighted by Gasteiger charge is 2.21. The van der Waals surface area contributed by atoms with E-state index in [0.717, 1.165) is 17.7 Å². The second-order valence-electron chi connectivity index (χ2n) is 4.48. The molecule has 0 spiro atoms. The summed E-state index contributed by atoms with van der Waals surface area (Å²) in [6.07, 6.45) is 0. The first-order valence-electron chi connectivity index (χ1n) is 6.61. The summed E-state index contributed by atoms with van der Waals surface area (Å²) in [6, 6.07) is 9.11. The molecule has 0 aliphatic carbocycles. The Labute approximate surface area is 127 Å². The largest absolute Gasteiger partial charge is 0.494 e. The van der Waals surface area contributed by atoms with Gasteiger partial charge in [0.1, 0.15) is 5.75 Å². The van der Waals surface area contributed by atoms with Crippen LogP contribution in [0.1, 0.15) is 24.1 Å². The van der Waals surface area contributed by atoms with Gasteiger partial charge in [0.15, 0.2) is 11.6 Å². The Bertz CT molecular complexity index is 634. The van der Waals surface area contributed by atoms with Crippen molar-refractivity contribution in [2.24, 2.45) is 0 Å². The SMILES string of the molecule is CCOc1ccccc1C(NC)c1cc(F)c(F)cc1Cl. The second-order valence-corrected chi connectivity index (χ2v) is 4.89. The lowest BCUT2D eigenvalue weighted by molar-refractivity contribution is 0.334. The van der Waals surface area contributed by atoms with E-state index in [-0.39, 0.29) is 5.02 Å². The Kier molecular flexibility index (Phi) is 5.15. The van der Waals surface area contributed by atoms with Gasteiger partial charge in [-0.3, -0.25) is 0 Å². The van der Waals surface area contributed by atoms with E-state index < -0.39 is 17.7 Å². The third-order valence-electron chi connectivity index (χ3n) is 3.17. The van der Waals surface area contributed by atoms with Crippen LogP contribution in [-0.4, -0.2) is 13.7 Å². The van der Waals surface area contributed by atoms with Gasteiger partial charge >= 0.3 is 0 Å². The fraction of sp³-hybridized carbons (Fsp3) is 0.250. The molecule has 1 unspecified atom stereocenters. The van der Waals surface area contributed by atoms with Crippen LogP contribution in [0.4, 0.5) is 8.78 Å². The van der Waals surface area contributed by atoms with Crippen LogP contribution in [0.3, 0.4) is 0 Å². The molecular formula is C16H16ClF2NO. The topological polar surface area (TPSA) is 21.3 Å². The third-order valence-corrected chi connectivity index (χ3v) is 3.50. The van der Waals surface area contributed by atoms with Crippen molar-refractivity contribution in [3.63, 3.8) is 0 Å². The Morgan fingerprint density at radius 2 is 1.81 bits per heavy atom. The summed E-state index contributed by atoms with van der Waals surface area (Å²) in [4.78, 5) is 0. The highest BCUT2D eigenvalue weighted by molar-refractivity contribution is 6.31. The number of nitrogens with one attached hydrogen (secondary N) is 1. The van der Waals surface area contributed by atoms with Crippen molar-refractivity contribution < 1.29 is 13.5 Å².